The van der Waals surface area contributed by atoms with Crippen LogP contribution in [0.15, 0.2) is 121 Å². The van der Waals surface area contributed by atoms with Gasteiger partial charge in [-0.05, 0) is 78.8 Å². The van der Waals surface area contributed by atoms with Gasteiger partial charge in [0.15, 0.2) is 0 Å². The van der Waals surface area contributed by atoms with Gasteiger partial charge in [0.25, 0.3) is 0 Å². The molecule has 5 nitrogen and oxygen atoms in total. The maximum Gasteiger partial charge on any atom is 0.309 e. The largest absolute Gasteiger partial charge is 0.427 e. The first kappa shape index (κ1) is 29.6. The van der Waals surface area contributed by atoms with Crippen LogP contribution in [0.2, 0.25) is 0 Å². The Morgan fingerprint density at radius 3 is 2.05 bits per heavy atom. The van der Waals surface area contributed by atoms with E-state index in [9.17, 15) is 5.11 Å². The lowest BCUT2D eigenvalue weighted by atomic mass is 9.81. The van der Waals surface area contributed by atoms with Crippen LogP contribution in [0.1, 0.15) is 50.6 Å². The number of benzene rings is 4. The van der Waals surface area contributed by atoms with Crippen molar-refractivity contribution in [1.82, 2.24) is 10.6 Å². The van der Waals surface area contributed by atoms with Gasteiger partial charge in [0.05, 0.1) is 17.4 Å². The third-order valence-electron chi connectivity index (χ3n) is 8.17. The third kappa shape index (κ3) is 6.92. The molecule has 6 heteroatoms. The molecule has 0 saturated carbocycles. The summed E-state index contributed by atoms with van der Waals surface area (Å²) in [4.78, 5) is 0. The van der Waals surface area contributed by atoms with Crippen molar-refractivity contribution in [2.24, 2.45) is 5.73 Å². The Morgan fingerprint density at radius 2 is 1.38 bits per heavy atom. The summed E-state index contributed by atoms with van der Waals surface area (Å²) >= 11 is 0. The summed E-state index contributed by atoms with van der Waals surface area (Å²) in [6.07, 6.45) is 3.71. The van der Waals surface area contributed by atoms with Crippen molar-refractivity contribution in [2.75, 3.05) is 0 Å². The summed E-state index contributed by atoms with van der Waals surface area (Å²) in [5.74, 6) is 0. The highest BCUT2D eigenvalue weighted by atomic mass is 16.5. The van der Waals surface area contributed by atoms with Gasteiger partial charge in [-0.2, -0.15) is 0 Å². The van der Waals surface area contributed by atoms with Crippen LogP contribution in [0.4, 0.5) is 0 Å². The zero-order valence-electron chi connectivity index (χ0n) is 24.8. The summed E-state index contributed by atoms with van der Waals surface area (Å²) in [6.45, 7) is 7.36. The molecule has 0 spiro atoms. The molecule has 0 fully saturated rings. The van der Waals surface area contributed by atoms with E-state index >= 15 is 0 Å². The highest BCUT2D eigenvalue weighted by Gasteiger charge is 2.35. The lowest BCUT2D eigenvalue weighted by Gasteiger charge is -2.37. The number of hydrogen-bond acceptors (Lipinski definition) is 5. The van der Waals surface area contributed by atoms with Gasteiger partial charge in [0, 0.05) is 6.20 Å². The predicted molar refractivity (Wildman–Crippen MR) is 176 cm³/mol. The Kier molecular flexibility index (Phi) is 8.81. The minimum Gasteiger partial charge on any atom is -0.427 e. The summed E-state index contributed by atoms with van der Waals surface area (Å²) < 4.78 is 6.10. The van der Waals surface area contributed by atoms with Crippen LogP contribution in [0.5, 0.6) is 0 Å². The fourth-order valence-electron chi connectivity index (χ4n) is 4.84. The van der Waals surface area contributed by atoms with Gasteiger partial charge in [-0.25, -0.2) is 0 Å². The molecule has 0 aliphatic carbocycles. The molecule has 214 valence electrons. The highest BCUT2D eigenvalue weighted by molar-refractivity contribution is 6.47. The predicted octanol–water partition coefficient (Wildman–Crippen LogP) is 5.50. The van der Waals surface area contributed by atoms with E-state index in [1.165, 1.54) is 0 Å². The summed E-state index contributed by atoms with van der Waals surface area (Å²) in [6, 6.07) is 37.4. The van der Waals surface area contributed by atoms with Crippen molar-refractivity contribution >= 4 is 24.1 Å². The number of nitrogens with one attached hydrogen (secondary N) is 2. The second-order valence-electron chi connectivity index (χ2n) is 11.9. The van der Waals surface area contributed by atoms with Gasteiger partial charge >= 0.3 is 7.48 Å². The number of hydrogen-bond donors (Lipinski definition) is 4. The van der Waals surface area contributed by atoms with E-state index in [2.05, 4.69) is 102 Å². The summed E-state index contributed by atoms with van der Waals surface area (Å²) in [5, 5.41) is 17.6. The number of nitrogens with two attached hydrogens (primary N) is 1. The molecule has 0 saturated heterocycles. The molecule has 5 N–H and O–H groups in total. The van der Waals surface area contributed by atoms with E-state index in [0.717, 1.165) is 44.4 Å². The molecule has 0 bridgehead atoms. The lowest BCUT2D eigenvalue weighted by molar-refractivity contribution is -0.0893. The lowest BCUT2D eigenvalue weighted by Crippen LogP contribution is -2.49. The van der Waals surface area contributed by atoms with Crippen molar-refractivity contribution < 1.29 is 9.76 Å². The zero-order chi connectivity index (χ0) is 29.7. The van der Waals surface area contributed by atoms with Crippen molar-refractivity contribution in [3.63, 3.8) is 0 Å². The molecule has 5 rings (SSSR count). The minimum absolute atomic E-state index is 0.168. The molecule has 1 aliphatic rings. The second kappa shape index (κ2) is 12.5. The summed E-state index contributed by atoms with van der Waals surface area (Å²) in [7, 11) is 0.409. The van der Waals surface area contributed by atoms with Crippen LogP contribution in [-0.2, 0) is 4.65 Å². The third-order valence-corrected chi connectivity index (χ3v) is 8.17. The average molecular weight is 558 g/mol. The van der Waals surface area contributed by atoms with Crippen LogP contribution in [-0.4, -0.2) is 30.0 Å². The fraction of sp³-hybridized carbons (Fsp3) is 0.222. The molecule has 2 atom stereocenters. The SMILES string of the molecule is CC(C)(O)C(C)(C)OBc1cccc(-c2cccc(C(N)NC3NC=C(c4ccccc4)C=C3c3ccccc3)c2)c1. The normalized spacial score (nSPS) is 16.2. The van der Waals surface area contributed by atoms with Crippen LogP contribution in [0, 0.1) is 0 Å². The second-order valence-corrected chi connectivity index (χ2v) is 11.9. The Morgan fingerprint density at radius 1 is 0.786 bits per heavy atom. The first-order valence-electron chi connectivity index (χ1n) is 14.5. The standard InChI is InChI=1S/C36H40BN3O2/c1-35(2,41)36(3,4)42-37-31-20-12-18-28(22-31)27-17-11-19-29(21-27)33(38)40-34-32(26-15-9-6-10-16-26)23-30(24-39-34)25-13-7-5-8-14-25/h5-24,33-34,37,39-41H,38H2,1-4H3. The van der Waals surface area contributed by atoms with E-state index in [-0.39, 0.29) is 6.17 Å². The average Bonchev–Trinajstić information content (AvgIpc) is 3.01. The van der Waals surface area contributed by atoms with Crippen molar-refractivity contribution in [1.29, 1.82) is 0 Å². The van der Waals surface area contributed by atoms with Crippen molar-refractivity contribution in [2.45, 2.75) is 51.2 Å². The van der Waals surface area contributed by atoms with Gasteiger partial charge in [-0.3, -0.25) is 5.32 Å². The summed E-state index contributed by atoms with van der Waals surface area (Å²) in [5.41, 5.74) is 13.9. The first-order valence-corrected chi connectivity index (χ1v) is 14.5. The first-order chi connectivity index (χ1) is 20.1. The van der Waals surface area contributed by atoms with E-state index in [0.29, 0.717) is 7.48 Å². The number of aliphatic hydroxyl groups is 1. The van der Waals surface area contributed by atoms with Crippen molar-refractivity contribution in [3.8, 4) is 11.1 Å². The number of dihydropyridines is 1. The monoisotopic (exact) mass is 557 g/mol. The molecule has 0 amide bonds. The molecule has 1 heterocycles. The van der Waals surface area contributed by atoms with E-state index in [4.69, 9.17) is 10.4 Å². The quantitative estimate of drug-likeness (QED) is 0.153. The topological polar surface area (TPSA) is 79.5 Å². The van der Waals surface area contributed by atoms with Crippen molar-refractivity contribution in [3.05, 3.63) is 138 Å². The molecule has 42 heavy (non-hydrogen) atoms. The molecule has 0 radical (unpaired) electrons. The molecule has 4 aromatic carbocycles. The van der Waals surface area contributed by atoms with Gasteiger partial charge in [-0.15, -0.1) is 0 Å². The smallest absolute Gasteiger partial charge is 0.309 e. The number of rotatable bonds is 10. The van der Waals surface area contributed by atoms with Gasteiger partial charge in [-0.1, -0.05) is 109 Å². The molecule has 1 aliphatic heterocycles. The molecular weight excluding hydrogens is 517 g/mol. The fourth-order valence-corrected chi connectivity index (χ4v) is 4.84. The minimum atomic E-state index is -0.955. The van der Waals surface area contributed by atoms with E-state index < -0.39 is 17.4 Å². The number of allylic oxidation sites excluding steroid dienone is 2. The van der Waals surface area contributed by atoms with E-state index in [1.807, 2.05) is 44.2 Å². The van der Waals surface area contributed by atoms with Gasteiger partial charge < -0.3 is 20.8 Å². The van der Waals surface area contributed by atoms with Crippen LogP contribution >= 0.6 is 0 Å². The molecule has 2 unspecified atom stereocenters. The van der Waals surface area contributed by atoms with Crippen LogP contribution < -0.4 is 21.8 Å². The Labute approximate surface area is 250 Å². The van der Waals surface area contributed by atoms with Crippen LogP contribution in [0.3, 0.4) is 0 Å². The maximum absolute atomic E-state index is 10.4. The Bertz CT molecular complexity index is 1560. The molecular formula is C36H40BN3O2. The van der Waals surface area contributed by atoms with Gasteiger partial charge in [0.2, 0.25) is 0 Å². The zero-order valence-corrected chi connectivity index (χ0v) is 24.8. The maximum atomic E-state index is 10.4. The highest BCUT2D eigenvalue weighted by Crippen LogP contribution is 2.29. The Hall–Kier alpha value is -3.94. The van der Waals surface area contributed by atoms with Gasteiger partial charge in [0.1, 0.15) is 6.17 Å². The Balaban J connectivity index is 1.34. The molecule has 0 aromatic heterocycles. The molecule has 4 aromatic rings. The van der Waals surface area contributed by atoms with E-state index in [1.54, 1.807) is 13.8 Å². The van der Waals surface area contributed by atoms with Crippen LogP contribution in [0.25, 0.3) is 22.3 Å².